The number of carbonyl (C=O) groups excluding carboxylic acids is 1. The van der Waals surface area contributed by atoms with Crippen LogP contribution >= 0.6 is 12.4 Å². The highest BCUT2D eigenvalue weighted by Crippen LogP contribution is 2.59. The number of carbonyl (C=O) groups is 1. The van der Waals surface area contributed by atoms with Gasteiger partial charge in [0.05, 0.1) is 6.10 Å². The Morgan fingerprint density at radius 3 is 2.73 bits per heavy atom. The van der Waals surface area contributed by atoms with Gasteiger partial charge in [-0.3, -0.25) is 4.79 Å². The second kappa shape index (κ2) is 7.98. The SMILES string of the molecule is CCCN(CC1CCCCO1)C(=O)C1CC12CCNCC2.Cl. The van der Waals surface area contributed by atoms with E-state index in [0.717, 1.165) is 52.0 Å². The highest BCUT2D eigenvalue weighted by Gasteiger charge is 2.58. The second-order valence-electron chi connectivity index (χ2n) is 7.14. The van der Waals surface area contributed by atoms with Gasteiger partial charge in [0.25, 0.3) is 0 Å². The average molecular weight is 331 g/mol. The lowest BCUT2D eigenvalue weighted by molar-refractivity contribution is -0.136. The third-order valence-electron chi connectivity index (χ3n) is 5.59. The van der Waals surface area contributed by atoms with E-state index >= 15 is 0 Å². The zero-order valence-electron chi connectivity index (χ0n) is 13.8. The van der Waals surface area contributed by atoms with Gasteiger partial charge in [-0.25, -0.2) is 0 Å². The van der Waals surface area contributed by atoms with Crippen LogP contribution in [0.2, 0.25) is 0 Å². The molecule has 0 radical (unpaired) electrons. The molecule has 5 heteroatoms. The molecule has 3 fully saturated rings. The molecule has 2 atom stereocenters. The molecule has 1 saturated carbocycles. The quantitative estimate of drug-likeness (QED) is 0.842. The molecule has 2 unspecified atom stereocenters. The topological polar surface area (TPSA) is 41.6 Å². The van der Waals surface area contributed by atoms with E-state index in [4.69, 9.17) is 4.74 Å². The Morgan fingerprint density at radius 2 is 2.09 bits per heavy atom. The number of piperidine rings is 1. The van der Waals surface area contributed by atoms with Crippen molar-refractivity contribution in [3.8, 4) is 0 Å². The Kier molecular flexibility index (Phi) is 6.54. The van der Waals surface area contributed by atoms with Gasteiger partial charge < -0.3 is 15.0 Å². The Bertz CT molecular complexity index is 366. The third-order valence-corrected chi connectivity index (χ3v) is 5.59. The van der Waals surface area contributed by atoms with Crippen LogP contribution in [-0.2, 0) is 9.53 Å². The summed E-state index contributed by atoms with van der Waals surface area (Å²) in [6, 6.07) is 0. The van der Waals surface area contributed by atoms with Crippen LogP contribution in [0.15, 0.2) is 0 Å². The minimum atomic E-state index is 0. The highest BCUT2D eigenvalue weighted by molar-refractivity contribution is 5.85. The lowest BCUT2D eigenvalue weighted by Crippen LogP contribution is -2.42. The summed E-state index contributed by atoms with van der Waals surface area (Å²) in [6.07, 6.45) is 8.35. The molecular weight excluding hydrogens is 300 g/mol. The summed E-state index contributed by atoms with van der Waals surface area (Å²) in [5.41, 5.74) is 0.349. The van der Waals surface area contributed by atoms with Crippen molar-refractivity contribution in [3.63, 3.8) is 0 Å². The largest absolute Gasteiger partial charge is 0.376 e. The van der Waals surface area contributed by atoms with E-state index in [2.05, 4.69) is 17.1 Å². The molecule has 2 aliphatic heterocycles. The maximum Gasteiger partial charge on any atom is 0.226 e. The average Bonchev–Trinajstić information content (AvgIpc) is 3.21. The first-order valence-corrected chi connectivity index (χ1v) is 8.86. The lowest BCUT2D eigenvalue weighted by Gasteiger charge is -2.31. The molecule has 128 valence electrons. The standard InChI is InChI=1S/C17H30N2O2.ClH/c1-2-10-19(13-14-5-3-4-11-21-14)16(20)15-12-17(15)6-8-18-9-7-17;/h14-15,18H,2-13H2,1H3;1H. The van der Waals surface area contributed by atoms with Gasteiger partial charge in [-0.1, -0.05) is 6.92 Å². The van der Waals surface area contributed by atoms with E-state index in [1.807, 2.05) is 0 Å². The van der Waals surface area contributed by atoms with Crippen LogP contribution in [0.5, 0.6) is 0 Å². The molecule has 1 amide bonds. The highest BCUT2D eigenvalue weighted by atomic mass is 35.5. The number of hydrogen-bond donors (Lipinski definition) is 1. The Hall–Kier alpha value is -0.320. The predicted octanol–water partition coefficient (Wildman–Crippen LogP) is 2.61. The van der Waals surface area contributed by atoms with Crippen molar-refractivity contribution >= 4 is 18.3 Å². The van der Waals surface area contributed by atoms with Crippen LogP contribution in [0.3, 0.4) is 0 Å². The summed E-state index contributed by atoms with van der Waals surface area (Å²) in [7, 11) is 0. The molecule has 0 bridgehead atoms. The number of ether oxygens (including phenoxy) is 1. The number of hydrogen-bond acceptors (Lipinski definition) is 3. The smallest absolute Gasteiger partial charge is 0.226 e. The van der Waals surface area contributed by atoms with Crippen LogP contribution in [-0.4, -0.2) is 49.7 Å². The van der Waals surface area contributed by atoms with Gasteiger partial charge in [0.1, 0.15) is 0 Å². The minimum absolute atomic E-state index is 0. The summed E-state index contributed by atoms with van der Waals surface area (Å²) >= 11 is 0. The Labute approximate surface area is 140 Å². The van der Waals surface area contributed by atoms with Gasteiger partial charge in [0, 0.05) is 25.6 Å². The van der Waals surface area contributed by atoms with Crippen LogP contribution < -0.4 is 5.32 Å². The molecule has 3 aliphatic rings. The Morgan fingerprint density at radius 1 is 1.32 bits per heavy atom. The number of halogens is 1. The van der Waals surface area contributed by atoms with Crippen molar-refractivity contribution in [2.75, 3.05) is 32.8 Å². The molecule has 1 aliphatic carbocycles. The molecule has 2 saturated heterocycles. The first-order valence-electron chi connectivity index (χ1n) is 8.86. The normalized spacial score (nSPS) is 29.7. The zero-order valence-corrected chi connectivity index (χ0v) is 14.6. The van der Waals surface area contributed by atoms with Crippen molar-refractivity contribution in [3.05, 3.63) is 0 Å². The first kappa shape index (κ1) is 18.0. The zero-order chi connectivity index (χ0) is 14.7. The van der Waals surface area contributed by atoms with E-state index in [1.165, 1.54) is 25.7 Å². The van der Waals surface area contributed by atoms with Gasteiger partial charge in [0.2, 0.25) is 5.91 Å². The fraction of sp³-hybridized carbons (Fsp3) is 0.941. The molecule has 0 aromatic rings. The number of nitrogens with one attached hydrogen (secondary N) is 1. The predicted molar refractivity (Wildman–Crippen MR) is 90.4 cm³/mol. The van der Waals surface area contributed by atoms with E-state index in [0.29, 0.717) is 17.2 Å². The van der Waals surface area contributed by atoms with Gasteiger partial charge in [0.15, 0.2) is 0 Å². The summed E-state index contributed by atoms with van der Waals surface area (Å²) in [4.78, 5) is 15.0. The fourth-order valence-corrected chi connectivity index (χ4v) is 4.15. The van der Waals surface area contributed by atoms with Crippen molar-refractivity contribution in [2.45, 2.75) is 58.0 Å². The van der Waals surface area contributed by atoms with Gasteiger partial charge in [-0.15, -0.1) is 12.4 Å². The molecule has 4 nitrogen and oxygen atoms in total. The van der Waals surface area contributed by atoms with Crippen LogP contribution in [0, 0.1) is 11.3 Å². The third kappa shape index (κ3) is 3.95. The van der Waals surface area contributed by atoms with Crippen molar-refractivity contribution in [2.24, 2.45) is 11.3 Å². The van der Waals surface area contributed by atoms with Crippen LogP contribution in [0.25, 0.3) is 0 Å². The van der Waals surface area contributed by atoms with Crippen molar-refractivity contribution in [1.82, 2.24) is 10.2 Å². The van der Waals surface area contributed by atoms with Gasteiger partial charge >= 0.3 is 0 Å². The summed E-state index contributed by atoms with van der Waals surface area (Å²) < 4.78 is 5.84. The van der Waals surface area contributed by atoms with Gasteiger partial charge in [-0.05, 0) is 63.5 Å². The Balaban J connectivity index is 0.00000176. The number of amides is 1. The van der Waals surface area contributed by atoms with E-state index < -0.39 is 0 Å². The summed E-state index contributed by atoms with van der Waals surface area (Å²) in [5, 5.41) is 3.42. The first-order chi connectivity index (χ1) is 10.2. The minimum Gasteiger partial charge on any atom is -0.376 e. The number of nitrogens with zero attached hydrogens (tertiary/aromatic N) is 1. The van der Waals surface area contributed by atoms with Crippen molar-refractivity contribution in [1.29, 1.82) is 0 Å². The maximum absolute atomic E-state index is 12.9. The van der Waals surface area contributed by atoms with Crippen LogP contribution in [0.1, 0.15) is 51.9 Å². The van der Waals surface area contributed by atoms with Gasteiger partial charge in [-0.2, -0.15) is 0 Å². The number of rotatable bonds is 5. The van der Waals surface area contributed by atoms with E-state index in [1.54, 1.807) is 0 Å². The molecule has 3 rings (SSSR count). The second-order valence-corrected chi connectivity index (χ2v) is 7.14. The van der Waals surface area contributed by atoms with E-state index in [-0.39, 0.29) is 18.5 Å². The molecular formula is C17H31ClN2O2. The molecule has 1 spiro atoms. The van der Waals surface area contributed by atoms with Crippen molar-refractivity contribution < 1.29 is 9.53 Å². The summed E-state index contributed by atoms with van der Waals surface area (Å²) in [6.45, 7) is 6.92. The maximum atomic E-state index is 12.9. The molecule has 2 heterocycles. The molecule has 0 aromatic carbocycles. The monoisotopic (exact) mass is 330 g/mol. The lowest BCUT2D eigenvalue weighted by atomic mass is 9.91. The molecule has 0 aromatic heterocycles. The van der Waals surface area contributed by atoms with Crippen LogP contribution in [0.4, 0.5) is 0 Å². The summed E-state index contributed by atoms with van der Waals surface area (Å²) in [5.74, 6) is 0.711. The molecule has 22 heavy (non-hydrogen) atoms. The van der Waals surface area contributed by atoms with E-state index in [9.17, 15) is 4.79 Å². The fourth-order valence-electron chi connectivity index (χ4n) is 4.15. The molecule has 1 N–H and O–H groups in total.